The minimum Gasteiger partial charge on any atom is -0.474 e. The van der Waals surface area contributed by atoms with Gasteiger partial charge in [0.25, 0.3) is 0 Å². The number of aromatic nitrogens is 3. The van der Waals surface area contributed by atoms with Gasteiger partial charge in [0.2, 0.25) is 5.88 Å². The largest absolute Gasteiger partial charge is 0.474 e. The molecule has 0 radical (unpaired) electrons. The summed E-state index contributed by atoms with van der Waals surface area (Å²) in [6.45, 7) is 7.34. The van der Waals surface area contributed by atoms with Crippen LogP contribution in [0, 0.1) is 0 Å². The van der Waals surface area contributed by atoms with Gasteiger partial charge in [-0.05, 0) is 72.6 Å². The monoisotopic (exact) mass is 632 g/mol. The highest BCUT2D eigenvalue weighted by Crippen LogP contribution is 2.42. The molecular formula is C30H35F3N6O4S. The van der Waals surface area contributed by atoms with E-state index in [9.17, 15) is 22.8 Å². The second-order valence-electron chi connectivity index (χ2n) is 12.0. The Labute approximate surface area is 257 Å². The van der Waals surface area contributed by atoms with Crippen molar-refractivity contribution in [3.05, 3.63) is 41.2 Å². The van der Waals surface area contributed by atoms with Crippen LogP contribution in [0.5, 0.6) is 5.88 Å². The lowest BCUT2D eigenvalue weighted by molar-refractivity contribution is -0.140. The van der Waals surface area contributed by atoms with E-state index in [1.165, 1.54) is 18.5 Å². The number of nitrogens with one attached hydrogen (secondary N) is 2. The molecule has 2 bridgehead atoms. The smallest absolute Gasteiger partial charge is 0.434 e. The third kappa shape index (κ3) is 7.12. The number of esters is 1. The SMILES string of the molecule is CCNC(=O)Nc1cc(-c2nc(C(F)(F)F)cs2)c(-c2cc(C(=O)OC(C)(C)C)cnc2O[C@H]2C[C@H]3CC[C@@H](C2)N3C)cn1. The van der Waals surface area contributed by atoms with Gasteiger partial charge in [-0.2, -0.15) is 13.2 Å². The van der Waals surface area contributed by atoms with Gasteiger partial charge in [0.05, 0.1) is 5.56 Å². The zero-order valence-electron chi connectivity index (χ0n) is 25.1. The average Bonchev–Trinajstić information content (AvgIpc) is 3.50. The molecule has 0 saturated carbocycles. The van der Waals surface area contributed by atoms with E-state index in [1.807, 2.05) is 0 Å². The van der Waals surface area contributed by atoms with E-state index in [1.54, 1.807) is 33.8 Å². The van der Waals surface area contributed by atoms with Gasteiger partial charge < -0.3 is 19.7 Å². The minimum atomic E-state index is -4.65. The Balaban J connectivity index is 1.61. The molecule has 0 aliphatic carbocycles. The summed E-state index contributed by atoms with van der Waals surface area (Å²) in [4.78, 5) is 40.4. The Morgan fingerprint density at radius 1 is 1.05 bits per heavy atom. The number of alkyl halides is 3. The molecule has 2 N–H and O–H groups in total. The predicted molar refractivity (Wildman–Crippen MR) is 160 cm³/mol. The fourth-order valence-electron chi connectivity index (χ4n) is 5.57. The summed E-state index contributed by atoms with van der Waals surface area (Å²) in [5.41, 5.74) is -0.750. The zero-order chi connectivity index (χ0) is 31.8. The molecule has 3 atom stereocenters. The number of anilines is 1. The number of piperidine rings is 1. The number of hydrogen-bond donors (Lipinski definition) is 2. The molecule has 2 saturated heterocycles. The Hall–Kier alpha value is -3.78. The van der Waals surface area contributed by atoms with Crippen molar-refractivity contribution in [2.24, 2.45) is 0 Å². The lowest BCUT2D eigenvalue weighted by atomic mass is 9.99. The van der Waals surface area contributed by atoms with Crippen molar-refractivity contribution in [3.8, 4) is 27.6 Å². The van der Waals surface area contributed by atoms with Crippen LogP contribution in [0.3, 0.4) is 0 Å². The first-order valence-corrected chi connectivity index (χ1v) is 15.3. The number of carbonyl (C=O) groups excluding carboxylic acids is 2. The number of amides is 2. The van der Waals surface area contributed by atoms with Crippen LogP contribution in [0.4, 0.5) is 23.8 Å². The van der Waals surface area contributed by atoms with E-state index >= 15 is 0 Å². The Morgan fingerprint density at radius 2 is 1.75 bits per heavy atom. The number of halogens is 3. The van der Waals surface area contributed by atoms with Crippen molar-refractivity contribution in [1.29, 1.82) is 0 Å². The number of hydrogen-bond acceptors (Lipinski definition) is 9. The molecule has 0 spiro atoms. The van der Waals surface area contributed by atoms with Crippen molar-refractivity contribution in [3.63, 3.8) is 0 Å². The third-order valence-electron chi connectivity index (χ3n) is 7.62. The van der Waals surface area contributed by atoms with Gasteiger partial charge in [-0.1, -0.05) is 0 Å². The normalized spacial score (nSPS) is 20.3. The van der Waals surface area contributed by atoms with E-state index < -0.39 is 29.5 Å². The molecule has 2 fully saturated rings. The van der Waals surface area contributed by atoms with Gasteiger partial charge >= 0.3 is 18.2 Å². The molecule has 14 heteroatoms. The minimum absolute atomic E-state index is 0.0413. The van der Waals surface area contributed by atoms with E-state index in [0.717, 1.165) is 42.4 Å². The highest BCUT2D eigenvalue weighted by Gasteiger charge is 2.40. The first-order valence-electron chi connectivity index (χ1n) is 14.4. The van der Waals surface area contributed by atoms with Crippen LogP contribution in [0.1, 0.15) is 69.4 Å². The molecule has 5 heterocycles. The summed E-state index contributed by atoms with van der Waals surface area (Å²) in [6, 6.07) is 3.24. The van der Waals surface area contributed by atoms with E-state index in [0.29, 0.717) is 29.8 Å². The van der Waals surface area contributed by atoms with E-state index in [4.69, 9.17) is 9.47 Å². The quantitative estimate of drug-likeness (QED) is 0.288. The molecule has 2 aliphatic heterocycles. The van der Waals surface area contributed by atoms with Crippen molar-refractivity contribution < 1.29 is 32.2 Å². The standard InChI is InChI=1S/C30H35F3N6O4S/c1-6-34-28(41)38-24-12-21(26-37-23(15-44-26)30(31,32)33)22(14-35-24)20-9-16(27(40)43-29(2,3)4)13-36-25(20)42-19-10-17-7-8-18(11-19)39(17)5/h9,12-15,17-19H,6-8,10-11H2,1-5H3,(H2,34,35,38,41)/t17-,18+,19+. The topological polar surface area (TPSA) is 119 Å². The summed E-state index contributed by atoms with van der Waals surface area (Å²) < 4.78 is 52.7. The van der Waals surface area contributed by atoms with Crippen molar-refractivity contribution in [1.82, 2.24) is 25.2 Å². The Morgan fingerprint density at radius 3 is 2.36 bits per heavy atom. The van der Waals surface area contributed by atoms with Gasteiger partial charge in [-0.25, -0.2) is 24.5 Å². The second-order valence-corrected chi connectivity index (χ2v) is 12.8. The molecule has 0 aromatic carbocycles. The molecule has 3 aromatic rings. The maximum atomic E-state index is 13.6. The fraction of sp³-hybridized carbons (Fsp3) is 0.500. The van der Waals surface area contributed by atoms with Gasteiger partial charge in [-0.3, -0.25) is 5.32 Å². The summed E-state index contributed by atoms with van der Waals surface area (Å²) >= 11 is 0.800. The molecule has 5 rings (SSSR count). The third-order valence-corrected chi connectivity index (χ3v) is 8.49. The van der Waals surface area contributed by atoms with E-state index in [2.05, 4.69) is 37.5 Å². The molecule has 44 heavy (non-hydrogen) atoms. The second kappa shape index (κ2) is 12.3. The molecular weight excluding hydrogens is 597 g/mol. The van der Waals surface area contributed by atoms with Crippen LogP contribution in [0.2, 0.25) is 0 Å². The summed E-state index contributed by atoms with van der Waals surface area (Å²) in [5, 5.41) is 6.16. The number of pyridine rings is 2. The van der Waals surface area contributed by atoms with Gasteiger partial charge in [0.1, 0.15) is 22.5 Å². The van der Waals surface area contributed by atoms with Crippen LogP contribution in [-0.4, -0.2) is 69.2 Å². The average molecular weight is 633 g/mol. The number of ether oxygens (including phenoxy) is 2. The van der Waals surface area contributed by atoms with E-state index in [-0.39, 0.29) is 33.9 Å². The molecule has 236 valence electrons. The summed E-state index contributed by atoms with van der Waals surface area (Å²) in [6.07, 6.45) is 1.75. The fourth-order valence-corrected chi connectivity index (χ4v) is 6.42. The molecule has 0 unspecified atom stereocenters. The highest BCUT2D eigenvalue weighted by molar-refractivity contribution is 7.13. The Kier molecular flexibility index (Phi) is 8.85. The molecule has 2 amide bonds. The number of rotatable bonds is 7. The van der Waals surface area contributed by atoms with Crippen LogP contribution in [0.15, 0.2) is 29.9 Å². The van der Waals surface area contributed by atoms with Crippen LogP contribution in [0.25, 0.3) is 21.7 Å². The number of thiazole rings is 1. The lowest BCUT2D eigenvalue weighted by Gasteiger charge is -2.36. The zero-order valence-corrected chi connectivity index (χ0v) is 25.9. The van der Waals surface area contributed by atoms with Gasteiger partial charge in [-0.15, -0.1) is 11.3 Å². The van der Waals surface area contributed by atoms with Crippen molar-refractivity contribution >= 4 is 29.2 Å². The number of fused-ring (bicyclic) bond motifs is 2. The van der Waals surface area contributed by atoms with Crippen molar-refractivity contribution in [2.75, 3.05) is 18.9 Å². The molecule has 10 nitrogen and oxygen atoms in total. The molecule has 2 aliphatic rings. The lowest BCUT2D eigenvalue weighted by Crippen LogP contribution is -2.44. The summed E-state index contributed by atoms with van der Waals surface area (Å²) in [7, 11) is 2.12. The van der Waals surface area contributed by atoms with Crippen molar-refractivity contribution in [2.45, 2.75) is 83.3 Å². The first kappa shape index (κ1) is 31.6. The van der Waals surface area contributed by atoms with Crippen LogP contribution < -0.4 is 15.4 Å². The van der Waals surface area contributed by atoms with Crippen LogP contribution >= 0.6 is 11.3 Å². The highest BCUT2D eigenvalue weighted by atomic mass is 32.1. The molecule has 3 aromatic heterocycles. The first-order chi connectivity index (χ1) is 20.7. The van der Waals surface area contributed by atoms with Crippen LogP contribution in [-0.2, 0) is 10.9 Å². The Bertz CT molecular complexity index is 1530. The number of carbonyl (C=O) groups is 2. The van der Waals surface area contributed by atoms with Gasteiger partial charge in [0, 0.05) is 53.1 Å². The number of nitrogens with zero attached hydrogens (tertiary/aromatic N) is 4. The maximum Gasteiger partial charge on any atom is 0.434 e. The number of urea groups is 1. The predicted octanol–water partition coefficient (Wildman–Crippen LogP) is 6.39. The summed E-state index contributed by atoms with van der Waals surface area (Å²) in [5.74, 6) is -0.303. The van der Waals surface area contributed by atoms with Gasteiger partial charge in [0.15, 0.2) is 5.69 Å². The maximum absolute atomic E-state index is 13.6.